The number of nitrogens with zero attached hydrogens (tertiary/aromatic N) is 2. The maximum absolute atomic E-state index is 14.4. The van der Waals surface area contributed by atoms with Gasteiger partial charge in [-0.1, -0.05) is 18.2 Å². The van der Waals surface area contributed by atoms with E-state index in [-0.39, 0.29) is 18.3 Å². The summed E-state index contributed by atoms with van der Waals surface area (Å²) in [4.78, 5) is 14.1. The van der Waals surface area contributed by atoms with Crippen LogP contribution in [0.25, 0.3) is 0 Å². The highest BCUT2D eigenvalue weighted by molar-refractivity contribution is 8.19. The number of nitrogens with one attached hydrogen (secondary N) is 1. The van der Waals surface area contributed by atoms with Gasteiger partial charge < -0.3 is 9.64 Å². The summed E-state index contributed by atoms with van der Waals surface area (Å²) in [5.41, 5.74) is 4.92. The first kappa shape index (κ1) is 22.0. The monoisotopic (exact) mass is 459 g/mol. The minimum atomic E-state index is -0.368. The number of rotatable bonds is 7. The lowest BCUT2D eigenvalue weighted by molar-refractivity contribution is -0.123. The van der Waals surface area contributed by atoms with E-state index < -0.39 is 0 Å². The quantitative estimate of drug-likeness (QED) is 0.475. The number of amides is 1. The van der Waals surface area contributed by atoms with Gasteiger partial charge >= 0.3 is 0 Å². The Morgan fingerprint density at radius 2 is 1.87 bits per heavy atom. The van der Waals surface area contributed by atoms with Crippen LogP contribution in [0.3, 0.4) is 0 Å². The zero-order valence-electron chi connectivity index (χ0n) is 17.3. The molecule has 31 heavy (non-hydrogen) atoms. The summed E-state index contributed by atoms with van der Waals surface area (Å²) in [6, 6.07) is 12.9. The number of hydrogen-bond acceptors (Lipinski definition) is 6. The Morgan fingerprint density at radius 1 is 1.13 bits per heavy atom. The lowest BCUT2D eigenvalue weighted by atomic mass is 10.1. The molecular weight excluding hydrogens is 433 g/mol. The molecule has 2 aromatic carbocycles. The molecule has 164 valence electrons. The van der Waals surface area contributed by atoms with Crippen LogP contribution in [0.5, 0.6) is 5.75 Å². The van der Waals surface area contributed by atoms with Crippen LogP contribution >= 0.6 is 23.5 Å². The SMILES string of the molecule is O=C(COc1ccc(C2SCCS2)cc1)N/N=C\c1ccc(N2CCCCC2)c(F)c1. The predicted octanol–water partition coefficient (Wildman–Crippen LogP) is 4.82. The molecule has 5 nitrogen and oxygen atoms in total. The fourth-order valence-corrected chi connectivity index (χ4v) is 6.49. The number of halogens is 1. The summed E-state index contributed by atoms with van der Waals surface area (Å²) in [5, 5.41) is 3.91. The highest BCUT2D eigenvalue weighted by Crippen LogP contribution is 2.45. The van der Waals surface area contributed by atoms with E-state index in [2.05, 4.69) is 15.4 Å². The fraction of sp³-hybridized carbons (Fsp3) is 0.391. The zero-order valence-corrected chi connectivity index (χ0v) is 18.9. The van der Waals surface area contributed by atoms with Crippen LogP contribution in [0.2, 0.25) is 0 Å². The van der Waals surface area contributed by atoms with Crippen molar-refractivity contribution in [2.75, 3.05) is 36.1 Å². The zero-order chi connectivity index (χ0) is 21.5. The van der Waals surface area contributed by atoms with Crippen LogP contribution in [-0.2, 0) is 4.79 Å². The van der Waals surface area contributed by atoms with Gasteiger partial charge in [0.2, 0.25) is 0 Å². The summed E-state index contributed by atoms with van der Waals surface area (Å²) < 4.78 is 20.5. The van der Waals surface area contributed by atoms with E-state index in [0.29, 0.717) is 21.6 Å². The second-order valence-corrected chi connectivity index (χ2v) is 10.2. The van der Waals surface area contributed by atoms with Crippen molar-refractivity contribution in [3.05, 3.63) is 59.4 Å². The standard InChI is InChI=1S/C23H26FN3O2S2/c24-20-14-17(4-9-21(20)27-10-2-1-3-11-27)15-25-26-22(28)16-29-19-7-5-18(6-8-19)23-30-12-13-31-23/h4-9,14-15,23H,1-3,10-13,16H2,(H,26,28)/b25-15-. The van der Waals surface area contributed by atoms with E-state index in [4.69, 9.17) is 4.74 Å². The molecule has 2 fully saturated rings. The van der Waals surface area contributed by atoms with E-state index in [1.54, 1.807) is 6.07 Å². The molecule has 2 aromatic rings. The highest BCUT2D eigenvalue weighted by Gasteiger charge is 2.18. The van der Waals surface area contributed by atoms with Crippen molar-refractivity contribution >= 4 is 41.3 Å². The van der Waals surface area contributed by atoms with Gasteiger partial charge in [-0.3, -0.25) is 4.79 Å². The van der Waals surface area contributed by atoms with Gasteiger partial charge in [-0.05, 0) is 54.7 Å². The average molecular weight is 460 g/mol. The molecule has 0 radical (unpaired) electrons. The third-order valence-electron chi connectivity index (χ3n) is 5.22. The van der Waals surface area contributed by atoms with Crippen molar-refractivity contribution in [1.82, 2.24) is 5.43 Å². The van der Waals surface area contributed by atoms with Crippen LogP contribution in [0.4, 0.5) is 10.1 Å². The molecule has 8 heteroatoms. The largest absolute Gasteiger partial charge is 0.484 e. The van der Waals surface area contributed by atoms with Gasteiger partial charge in [0, 0.05) is 24.6 Å². The predicted molar refractivity (Wildman–Crippen MR) is 128 cm³/mol. The molecule has 0 bridgehead atoms. The maximum atomic E-state index is 14.4. The van der Waals surface area contributed by atoms with Crippen molar-refractivity contribution in [1.29, 1.82) is 0 Å². The van der Waals surface area contributed by atoms with Crippen molar-refractivity contribution in [2.45, 2.75) is 23.8 Å². The number of benzene rings is 2. The number of carbonyl (C=O) groups excluding carboxylic acids is 1. The molecule has 2 saturated heterocycles. The molecule has 0 aliphatic carbocycles. The average Bonchev–Trinajstić information content (AvgIpc) is 3.34. The molecule has 2 aliphatic rings. The third kappa shape index (κ3) is 6.17. The summed E-state index contributed by atoms with van der Waals surface area (Å²) in [6.07, 6.45) is 4.84. The Bertz CT molecular complexity index is 912. The maximum Gasteiger partial charge on any atom is 0.277 e. The Kier molecular flexibility index (Phi) is 7.75. The molecule has 0 spiro atoms. The first-order valence-corrected chi connectivity index (χ1v) is 12.6. The van der Waals surface area contributed by atoms with Gasteiger partial charge in [0.15, 0.2) is 6.61 Å². The van der Waals surface area contributed by atoms with Gasteiger partial charge in [-0.15, -0.1) is 23.5 Å². The minimum Gasteiger partial charge on any atom is -0.484 e. The van der Waals surface area contributed by atoms with E-state index in [1.165, 1.54) is 35.8 Å². The number of hydrazone groups is 1. The molecule has 0 saturated carbocycles. The van der Waals surface area contributed by atoms with Gasteiger partial charge in [0.1, 0.15) is 11.6 Å². The van der Waals surface area contributed by atoms with E-state index in [9.17, 15) is 9.18 Å². The van der Waals surface area contributed by atoms with Crippen LogP contribution in [0.15, 0.2) is 47.6 Å². The van der Waals surface area contributed by atoms with E-state index >= 15 is 0 Å². The first-order chi connectivity index (χ1) is 15.2. The van der Waals surface area contributed by atoms with Crippen LogP contribution in [0.1, 0.15) is 35.0 Å². The topological polar surface area (TPSA) is 53.9 Å². The van der Waals surface area contributed by atoms with Gasteiger partial charge in [0.05, 0.1) is 16.5 Å². The number of hydrogen-bond donors (Lipinski definition) is 1. The molecule has 1 N–H and O–H groups in total. The number of ether oxygens (including phenoxy) is 1. The number of carbonyl (C=O) groups is 1. The molecular formula is C23H26FN3O2S2. The first-order valence-electron chi connectivity index (χ1n) is 10.5. The smallest absolute Gasteiger partial charge is 0.277 e. The van der Waals surface area contributed by atoms with Gasteiger partial charge in [-0.25, -0.2) is 9.82 Å². The molecule has 0 unspecified atom stereocenters. The summed E-state index contributed by atoms with van der Waals surface area (Å²) in [6.45, 7) is 1.65. The number of anilines is 1. The molecule has 1 amide bonds. The molecule has 0 aromatic heterocycles. The molecule has 0 atom stereocenters. The van der Waals surface area contributed by atoms with Crippen molar-refractivity contribution in [3.63, 3.8) is 0 Å². The van der Waals surface area contributed by atoms with E-state index in [1.807, 2.05) is 53.9 Å². The van der Waals surface area contributed by atoms with Crippen LogP contribution in [0, 0.1) is 5.82 Å². The molecule has 4 rings (SSSR count). The summed E-state index contributed by atoms with van der Waals surface area (Å²) >= 11 is 3.90. The molecule has 2 aliphatic heterocycles. The number of thioether (sulfide) groups is 2. The lowest BCUT2D eigenvalue weighted by Gasteiger charge is -2.29. The Hall–Kier alpha value is -2.19. The van der Waals surface area contributed by atoms with Crippen molar-refractivity contribution in [2.24, 2.45) is 5.10 Å². The van der Waals surface area contributed by atoms with Crippen LogP contribution < -0.4 is 15.1 Å². The summed E-state index contributed by atoms with van der Waals surface area (Å²) in [5.74, 6) is 2.38. The minimum absolute atomic E-state index is 0.133. The van der Waals surface area contributed by atoms with Gasteiger partial charge in [0.25, 0.3) is 5.91 Å². The Labute approximate surface area is 190 Å². The second-order valence-electron chi connectivity index (χ2n) is 7.48. The van der Waals surface area contributed by atoms with Gasteiger partial charge in [-0.2, -0.15) is 5.10 Å². The summed E-state index contributed by atoms with van der Waals surface area (Å²) in [7, 11) is 0. The van der Waals surface area contributed by atoms with Crippen LogP contribution in [-0.4, -0.2) is 43.3 Å². The number of piperidine rings is 1. The molecule has 2 heterocycles. The third-order valence-corrected chi connectivity index (χ3v) is 8.32. The van der Waals surface area contributed by atoms with E-state index in [0.717, 1.165) is 25.9 Å². The second kappa shape index (κ2) is 10.9. The Morgan fingerprint density at radius 3 is 2.58 bits per heavy atom. The van der Waals surface area contributed by atoms with Crippen molar-refractivity contribution in [3.8, 4) is 5.75 Å². The van der Waals surface area contributed by atoms with Crippen molar-refractivity contribution < 1.29 is 13.9 Å². The Balaban J connectivity index is 1.23. The normalized spacial score (nSPS) is 17.3. The fourth-order valence-electron chi connectivity index (χ4n) is 3.63. The lowest BCUT2D eigenvalue weighted by Crippen LogP contribution is -2.30. The highest BCUT2D eigenvalue weighted by atomic mass is 32.2.